The summed E-state index contributed by atoms with van der Waals surface area (Å²) < 4.78 is 44.8. The zero-order valence-corrected chi connectivity index (χ0v) is 13.3. The van der Waals surface area contributed by atoms with Crippen molar-refractivity contribution in [1.29, 1.82) is 0 Å². The number of nitrogens with zero attached hydrogens (tertiary/aromatic N) is 5. The van der Waals surface area contributed by atoms with Gasteiger partial charge >= 0.3 is 6.18 Å². The first-order chi connectivity index (χ1) is 10.7. The Morgan fingerprint density at radius 1 is 1.43 bits per heavy atom. The second-order valence-corrected chi connectivity index (χ2v) is 5.57. The van der Waals surface area contributed by atoms with Crippen molar-refractivity contribution in [3.05, 3.63) is 11.6 Å². The number of carbonyl (C=O) groups excluding carboxylic acids is 1. The minimum atomic E-state index is -4.45. The van der Waals surface area contributed by atoms with E-state index in [1.165, 1.54) is 7.11 Å². The van der Waals surface area contributed by atoms with Crippen LogP contribution in [0.2, 0.25) is 0 Å². The maximum Gasteiger partial charge on any atom is 0.406 e. The Hall–Kier alpha value is -1.68. The predicted octanol–water partition coefficient (Wildman–Crippen LogP) is 0.438. The van der Waals surface area contributed by atoms with Crippen LogP contribution in [-0.2, 0) is 22.6 Å². The lowest BCUT2D eigenvalue weighted by Gasteiger charge is -2.36. The molecular formula is C13H20F3N5O2. The van der Waals surface area contributed by atoms with Crippen LogP contribution in [0.5, 0.6) is 0 Å². The fourth-order valence-electron chi connectivity index (χ4n) is 2.59. The predicted molar refractivity (Wildman–Crippen MR) is 74.5 cm³/mol. The average molecular weight is 335 g/mol. The van der Waals surface area contributed by atoms with Crippen LogP contribution < -0.4 is 0 Å². The zero-order valence-electron chi connectivity index (χ0n) is 13.3. The third kappa shape index (κ3) is 4.20. The number of halogens is 3. The van der Waals surface area contributed by atoms with Gasteiger partial charge in [0, 0.05) is 13.7 Å². The molecule has 1 aliphatic rings. The number of methoxy groups -OCH3 is 1. The maximum absolute atomic E-state index is 12.7. The van der Waals surface area contributed by atoms with Gasteiger partial charge in [0.05, 0.1) is 19.7 Å². The molecule has 1 aromatic rings. The normalized spacial score (nSPS) is 18.8. The highest BCUT2D eigenvalue weighted by Crippen LogP contribution is 2.21. The van der Waals surface area contributed by atoms with Gasteiger partial charge in [0.1, 0.15) is 24.2 Å². The standard InChI is InChI=1S/C13H20F3N5O2/c1-9-17-18-11-7-19(2)10(6-21(9)11)12(22)20(4-5-23-3)8-13(14,15)16/h10H,4-8H2,1-3H3. The lowest BCUT2D eigenvalue weighted by Crippen LogP contribution is -2.54. The molecule has 1 amide bonds. The number of hydrogen-bond acceptors (Lipinski definition) is 5. The smallest absolute Gasteiger partial charge is 0.383 e. The van der Waals surface area contributed by atoms with E-state index in [4.69, 9.17) is 4.74 Å². The molecular weight excluding hydrogens is 315 g/mol. The van der Waals surface area contributed by atoms with Gasteiger partial charge in [0.15, 0.2) is 0 Å². The van der Waals surface area contributed by atoms with Crippen LogP contribution in [0.4, 0.5) is 13.2 Å². The van der Waals surface area contributed by atoms with Crippen LogP contribution in [0.3, 0.4) is 0 Å². The molecule has 2 heterocycles. The Kier molecular flexibility index (Phi) is 5.25. The minimum Gasteiger partial charge on any atom is -0.383 e. The number of likely N-dealkylation sites (N-methyl/N-ethyl adjacent to an activating group) is 1. The SMILES string of the molecule is COCCN(CC(F)(F)F)C(=O)C1Cn2c(C)nnc2CN1C. The third-order valence-corrected chi connectivity index (χ3v) is 3.82. The van der Waals surface area contributed by atoms with Gasteiger partial charge in [-0.1, -0.05) is 0 Å². The summed E-state index contributed by atoms with van der Waals surface area (Å²) in [7, 11) is 3.08. The summed E-state index contributed by atoms with van der Waals surface area (Å²) in [5.74, 6) is 0.777. The molecule has 10 heteroatoms. The maximum atomic E-state index is 12.7. The molecule has 0 saturated carbocycles. The molecule has 0 bridgehead atoms. The summed E-state index contributed by atoms with van der Waals surface area (Å²) in [5, 5.41) is 7.94. The van der Waals surface area contributed by atoms with Crippen LogP contribution in [0, 0.1) is 6.92 Å². The van der Waals surface area contributed by atoms with Crippen molar-refractivity contribution in [1.82, 2.24) is 24.6 Å². The number of alkyl halides is 3. The van der Waals surface area contributed by atoms with Crippen LogP contribution in [0.15, 0.2) is 0 Å². The van der Waals surface area contributed by atoms with Gasteiger partial charge in [0.25, 0.3) is 0 Å². The highest BCUT2D eigenvalue weighted by atomic mass is 19.4. The van der Waals surface area contributed by atoms with Crippen molar-refractivity contribution in [2.75, 3.05) is 33.9 Å². The van der Waals surface area contributed by atoms with E-state index in [0.29, 0.717) is 18.2 Å². The lowest BCUT2D eigenvalue weighted by molar-refractivity contribution is -0.166. The number of aromatic nitrogens is 3. The molecule has 0 fully saturated rings. The van der Waals surface area contributed by atoms with Gasteiger partial charge in [-0.2, -0.15) is 13.2 Å². The molecule has 1 atom stereocenters. The Balaban J connectivity index is 2.16. The highest BCUT2D eigenvalue weighted by Gasteiger charge is 2.38. The van der Waals surface area contributed by atoms with Crippen molar-refractivity contribution >= 4 is 5.91 Å². The number of carbonyl (C=O) groups is 1. The summed E-state index contributed by atoms with van der Waals surface area (Å²) in [4.78, 5) is 15.1. The first-order valence-electron chi connectivity index (χ1n) is 7.16. The third-order valence-electron chi connectivity index (χ3n) is 3.82. The fraction of sp³-hybridized carbons (Fsp3) is 0.769. The molecule has 0 saturated heterocycles. The fourth-order valence-corrected chi connectivity index (χ4v) is 2.59. The van der Waals surface area contributed by atoms with E-state index < -0.39 is 24.7 Å². The van der Waals surface area contributed by atoms with Crippen LogP contribution in [0.1, 0.15) is 11.6 Å². The molecule has 1 aliphatic heterocycles. The summed E-state index contributed by atoms with van der Waals surface area (Å²) in [6.45, 7) is 1.02. The first kappa shape index (κ1) is 17.7. The van der Waals surface area contributed by atoms with E-state index in [-0.39, 0.29) is 19.7 Å². The van der Waals surface area contributed by atoms with E-state index in [0.717, 1.165) is 4.90 Å². The first-order valence-corrected chi connectivity index (χ1v) is 7.16. The van der Waals surface area contributed by atoms with E-state index in [9.17, 15) is 18.0 Å². The molecule has 0 aliphatic carbocycles. The van der Waals surface area contributed by atoms with E-state index >= 15 is 0 Å². The van der Waals surface area contributed by atoms with E-state index in [2.05, 4.69) is 10.2 Å². The Bertz CT molecular complexity index is 560. The van der Waals surface area contributed by atoms with Crippen molar-refractivity contribution in [2.45, 2.75) is 32.2 Å². The average Bonchev–Trinajstić information content (AvgIpc) is 2.81. The molecule has 2 rings (SSSR count). The summed E-state index contributed by atoms with van der Waals surface area (Å²) >= 11 is 0. The van der Waals surface area contributed by atoms with Crippen molar-refractivity contribution < 1.29 is 22.7 Å². The molecule has 1 aromatic heterocycles. The van der Waals surface area contributed by atoms with Gasteiger partial charge in [-0.05, 0) is 14.0 Å². The number of aryl methyl sites for hydroxylation is 1. The van der Waals surface area contributed by atoms with Gasteiger partial charge in [0.2, 0.25) is 5.91 Å². The molecule has 1 unspecified atom stereocenters. The van der Waals surface area contributed by atoms with E-state index in [1.54, 1.807) is 23.4 Å². The van der Waals surface area contributed by atoms with Crippen LogP contribution in [-0.4, -0.2) is 76.5 Å². The summed E-state index contributed by atoms with van der Waals surface area (Å²) in [5.41, 5.74) is 0. The topological polar surface area (TPSA) is 63.5 Å². The number of fused-ring (bicyclic) bond motifs is 1. The van der Waals surface area contributed by atoms with E-state index in [1.807, 2.05) is 0 Å². The molecule has 0 spiro atoms. The van der Waals surface area contributed by atoms with Gasteiger partial charge in [-0.25, -0.2) is 0 Å². The lowest BCUT2D eigenvalue weighted by atomic mass is 10.1. The number of rotatable bonds is 5. The van der Waals surface area contributed by atoms with Gasteiger partial charge in [-0.3, -0.25) is 9.69 Å². The molecule has 7 nitrogen and oxygen atoms in total. The van der Waals surface area contributed by atoms with Crippen LogP contribution >= 0.6 is 0 Å². The quantitative estimate of drug-likeness (QED) is 0.781. The van der Waals surface area contributed by atoms with Crippen LogP contribution in [0.25, 0.3) is 0 Å². The molecule has 130 valence electrons. The van der Waals surface area contributed by atoms with Crippen molar-refractivity contribution in [3.8, 4) is 0 Å². The molecule has 0 N–H and O–H groups in total. The molecule has 23 heavy (non-hydrogen) atoms. The second kappa shape index (κ2) is 6.83. The van der Waals surface area contributed by atoms with Crippen molar-refractivity contribution in [2.24, 2.45) is 0 Å². The monoisotopic (exact) mass is 335 g/mol. The zero-order chi connectivity index (χ0) is 17.2. The Morgan fingerprint density at radius 2 is 2.13 bits per heavy atom. The van der Waals surface area contributed by atoms with Gasteiger partial charge in [-0.15, -0.1) is 10.2 Å². The number of hydrogen-bond donors (Lipinski definition) is 0. The number of amides is 1. The Labute approximate surface area is 132 Å². The Morgan fingerprint density at radius 3 is 2.74 bits per heavy atom. The number of ether oxygens (including phenoxy) is 1. The highest BCUT2D eigenvalue weighted by molar-refractivity contribution is 5.82. The van der Waals surface area contributed by atoms with Gasteiger partial charge < -0.3 is 14.2 Å². The largest absolute Gasteiger partial charge is 0.406 e. The summed E-state index contributed by atoms with van der Waals surface area (Å²) in [6.07, 6.45) is -4.45. The summed E-state index contributed by atoms with van der Waals surface area (Å²) in [6, 6.07) is -0.684. The van der Waals surface area contributed by atoms with Crippen molar-refractivity contribution in [3.63, 3.8) is 0 Å². The molecule has 0 radical (unpaired) electrons. The molecule has 0 aromatic carbocycles. The minimum absolute atomic E-state index is 0.0508. The second-order valence-electron chi connectivity index (χ2n) is 5.57.